The van der Waals surface area contributed by atoms with Gasteiger partial charge >= 0.3 is 0 Å². The van der Waals surface area contributed by atoms with Gasteiger partial charge in [-0.3, -0.25) is 0 Å². The van der Waals surface area contributed by atoms with Crippen LogP contribution in [-0.4, -0.2) is 0 Å². The van der Waals surface area contributed by atoms with Crippen LogP contribution < -0.4 is 0 Å². The van der Waals surface area contributed by atoms with E-state index in [2.05, 4.69) is 92.7 Å². The standard InChI is InChI=1S/C25H22O/c1-18-23(20-12-6-3-7-13-20)19(2)25(22-16-10-5-11-17-22)26-24(18)21-14-8-4-9-15-21/h3-17,23H,1-2H3. The molecule has 4 rings (SSSR count). The summed E-state index contributed by atoms with van der Waals surface area (Å²) in [5.74, 6) is 2.14. The second-order valence-electron chi connectivity index (χ2n) is 6.70. The van der Waals surface area contributed by atoms with Gasteiger partial charge in [-0.25, -0.2) is 0 Å². The van der Waals surface area contributed by atoms with Gasteiger partial charge in [0.05, 0.1) is 0 Å². The molecule has 0 fully saturated rings. The Hall–Kier alpha value is -3.06. The third-order valence-electron chi connectivity index (χ3n) is 4.99. The van der Waals surface area contributed by atoms with E-state index in [0.717, 1.165) is 22.6 Å². The number of hydrogen-bond acceptors (Lipinski definition) is 1. The van der Waals surface area contributed by atoms with E-state index in [1.807, 2.05) is 12.1 Å². The molecule has 0 saturated heterocycles. The van der Waals surface area contributed by atoms with Crippen LogP contribution in [0.3, 0.4) is 0 Å². The molecule has 26 heavy (non-hydrogen) atoms. The Morgan fingerprint density at radius 3 is 1.35 bits per heavy atom. The molecule has 1 aliphatic rings. The quantitative estimate of drug-likeness (QED) is 0.518. The number of rotatable bonds is 3. The van der Waals surface area contributed by atoms with Crippen molar-refractivity contribution < 1.29 is 4.74 Å². The first-order valence-electron chi connectivity index (χ1n) is 9.01. The smallest absolute Gasteiger partial charge is 0.134 e. The van der Waals surface area contributed by atoms with Crippen LogP contribution in [0.2, 0.25) is 0 Å². The highest BCUT2D eigenvalue weighted by Crippen LogP contribution is 2.45. The summed E-state index contributed by atoms with van der Waals surface area (Å²) in [6.45, 7) is 4.37. The monoisotopic (exact) mass is 338 g/mol. The first-order valence-corrected chi connectivity index (χ1v) is 9.01. The van der Waals surface area contributed by atoms with Crippen LogP contribution in [0.1, 0.15) is 36.5 Å². The normalized spacial score (nSPS) is 15.2. The highest BCUT2D eigenvalue weighted by molar-refractivity contribution is 5.78. The SMILES string of the molecule is CC1=C(c2ccccc2)OC(c2ccccc2)=C(C)C1c1ccccc1. The Bertz CT molecular complexity index is 889. The van der Waals surface area contributed by atoms with Crippen LogP contribution in [0.5, 0.6) is 0 Å². The summed E-state index contributed by atoms with van der Waals surface area (Å²) in [7, 11) is 0. The molecule has 1 nitrogen and oxygen atoms in total. The number of hydrogen-bond donors (Lipinski definition) is 0. The zero-order valence-corrected chi connectivity index (χ0v) is 15.1. The van der Waals surface area contributed by atoms with Crippen LogP contribution >= 0.6 is 0 Å². The van der Waals surface area contributed by atoms with Gasteiger partial charge in [0, 0.05) is 17.0 Å². The Kier molecular flexibility index (Phi) is 4.45. The maximum Gasteiger partial charge on any atom is 0.134 e. The van der Waals surface area contributed by atoms with Crippen molar-refractivity contribution in [1.82, 2.24) is 0 Å². The summed E-state index contributed by atoms with van der Waals surface area (Å²) >= 11 is 0. The molecule has 3 aromatic rings. The molecule has 0 saturated carbocycles. The van der Waals surface area contributed by atoms with Crippen molar-refractivity contribution in [3.05, 3.63) is 119 Å². The van der Waals surface area contributed by atoms with E-state index in [0.29, 0.717) is 0 Å². The molecule has 128 valence electrons. The lowest BCUT2D eigenvalue weighted by Crippen LogP contribution is -2.14. The summed E-state index contributed by atoms with van der Waals surface area (Å²) in [4.78, 5) is 0. The summed E-state index contributed by atoms with van der Waals surface area (Å²) < 4.78 is 6.49. The van der Waals surface area contributed by atoms with Crippen LogP contribution in [0.4, 0.5) is 0 Å². The van der Waals surface area contributed by atoms with Crippen LogP contribution in [0.25, 0.3) is 11.5 Å². The molecule has 1 aliphatic heterocycles. The van der Waals surface area contributed by atoms with Gasteiger partial charge in [0.15, 0.2) is 0 Å². The molecule has 1 heteroatoms. The van der Waals surface area contributed by atoms with E-state index in [1.54, 1.807) is 0 Å². The lowest BCUT2D eigenvalue weighted by molar-refractivity contribution is 0.445. The molecular weight excluding hydrogens is 316 g/mol. The highest BCUT2D eigenvalue weighted by atomic mass is 16.5. The Morgan fingerprint density at radius 1 is 0.538 bits per heavy atom. The van der Waals surface area contributed by atoms with Gasteiger partial charge in [0.1, 0.15) is 11.5 Å². The lowest BCUT2D eigenvalue weighted by Gasteiger charge is -2.31. The molecular formula is C25H22O. The first kappa shape index (κ1) is 16.4. The van der Waals surface area contributed by atoms with E-state index < -0.39 is 0 Å². The van der Waals surface area contributed by atoms with Crippen molar-refractivity contribution in [2.24, 2.45) is 0 Å². The number of ether oxygens (including phenoxy) is 1. The molecule has 0 bridgehead atoms. The second kappa shape index (κ2) is 7.05. The molecule has 0 radical (unpaired) electrons. The second-order valence-corrected chi connectivity index (χ2v) is 6.70. The Balaban J connectivity index is 1.90. The fourth-order valence-electron chi connectivity index (χ4n) is 3.75. The van der Waals surface area contributed by atoms with Crippen molar-refractivity contribution >= 4 is 11.5 Å². The van der Waals surface area contributed by atoms with Gasteiger partial charge in [-0.1, -0.05) is 91.0 Å². The molecule has 0 aromatic heterocycles. The van der Waals surface area contributed by atoms with Crippen LogP contribution in [-0.2, 0) is 4.74 Å². The maximum atomic E-state index is 6.49. The minimum absolute atomic E-state index is 0.218. The van der Waals surface area contributed by atoms with E-state index in [9.17, 15) is 0 Å². The van der Waals surface area contributed by atoms with Gasteiger partial charge in [-0.05, 0) is 30.6 Å². The topological polar surface area (TPSA) is 9.23 Å². The number of benzene rings is 3. The van der Waals surface area contributed by atoms with Gasteiger partial charge < -0.3 is 4.74 Å². The van der Waals surface area contributed by atoms with Crippen molar-refractivity contribution in [1.29, 1.82) is 0 Å². The third kappa shape index (κ3) is 2.97. The van der Waals surface area contributed by atoms with Crippen LogP contribution in [0, 0.1) is 0 Å². The van der Waals surface area contributed by atoms with Gasteiger partial charge in [0.2, 0.25) is 0 Å². The molecule has 0 N–H and O–H groups in total. The molecule has 3 aromatic carbocycles. The molecule has 0 amide bonds. The molecule has 0 unspecified atom stereocenters. The van der Waals surface area contributed by atoms with Crippen LogP contribution in [0.15, 0.2) is 102 Å². The zero-order valence-electron chi connectivity index (χ0n) is 15.1. The minimum Gasteiger partial charge on any atom is -0.456 e. The van der Waals surface area contributed by atoms with Crippen molar-refractivity contribution in [3.8, 4) is 0 Å². The zero-order chi connectivity index (χ0) is 17.9. The summed E-state index contributed by atoms with van der Waals surface area (Å²) in [6, 6.07) is 31.5. The van der Waals surface area contributed by atoms with Gasteiger partial charge in [0.25, 0.3) is 0 Å². The Morgan fingerprint density at radius 2 is 0.923 bits per heavy atom. The molecule has 0 spiro atoms. The van der Waals surface area contributed by atoms with Gasteiger partial charge in [-0.2, -0.15) is 0 Å². The molecule has 0 aliphatic carbocycles. The highest BCUT2D eigenvalue weighted by Gasteiger charge is 2.29. The fraction of sp³-hybridized carbons (Fsp3) is 0.120. The number of allylic oxidation sites excluding steroid dienone is 2. The maximum absolute atomic E-state index is 6.49. The predicted octanol–water partition coefficient (Wildman–Crippen LogP) is 6.66. The first-order chi connectivity index (χ1) is 12.8. The summed E-state index contributed by atoms with van der Waals surface area (Å²) in [5, 5.41) is 0. The van der Waals surface area contributed by atoms with Crippen molar-refractivity contribution in [2.45, 2.75) is 19.8 Å². The van der Waals surface area contributed by atoms with Crippen molar-refractivity contribution in [3.63, 3.8) is 0 Å². The average Bonchev–Trinajstić information content (AvgIpc) is 2.70. The predicted molar refractivity (Wildman–Crippen MR) is 108 cm³/mol. The largest absolute Gasteiger partial charge is 0.456 e. The van der Waals surface area contributed by atoms with E-state index in [-0.39, 0.29) is 5.92 Å². The van der Waals surface area contributed by atoms with E-state index in [4.69, 9.17) is 4.74 Å². The third-order valence-corrected chi connectivity index (χ3v) is 4.99. The van der Waals surface area contributed by atoms with E-state index in [1.165, 1.54) is 16.7 Å². The molecule has 0 atom stereocenters. The van der Waals surface area contributed by atoms with Crippen molar-refractivity contribution in [2.75, 3.05) is 0 Å². The molecule has 1 heterocycles. The lowest BCUT2D eigenvalue weighted by atomic mass is 9.81. The Labute approximate surface area is 155 Å². The van der Waals surface area contributed by atoms with Gasteiger partial charge in [-0.15, -0.1) is 0 Å². The average molecular weight is 338 g/mol. The minimum atomic E-state index is 0.218. The summed E-state index contributed by atoms with van der Waals surface area (Å²) in [5.41, 5.74) is 6.03. The fourth-order valence-corrected chi connectivity index (χ4v) is 3.75. The van der Waals surface area contributed by atoms with E-state index >= 15 is 0 Å². The summed E-state index contributed by atoms with van der Waals surface area (Å²) in [6.07, 6.45) is 0.